The van der Waals surface area contributed by atoms with Gasteiger partial charge in [-0.3, -0.25) is 4.90 Å². The largest absolute Gasteiger partial charge is 0.303 e. The molecule has 2 heterocycles. The molecule has 0 aliphatic carbocycles. The summed E-state index contributed by atoms with van der Waals surface area (Å²) in [7, 11) is 1.97. The van der Waals surface area contributed by atoms with Gasteiger partial charge in [0.25, 0.3) is 0 Å². The lowest BCUT2D eigenvalue weighted by Gasteiger charge is -2.24. The second kappa shape index (κ2) is 7.35. The Bertz CT molecular complexity index is 946. The lowest BCUT2D eigenvalue weighted by atomic mass is 10.1. The Hall–Kier alpha value is -1.95. The van der Waals surface area contributed by atoms with Crippen LogP contribution in [0.15, 0.2) is 54.6 Å². The lowest BCUT2D eigenvalue weighted by molar-refractivity contribution is 0.190. The van der Waals surface area contributed by atoms with Crippen LogP contribution in [0.4, 0.5) is 0 Å². The van der Waals surface area contributed by atoms with Crippen LogP contribution in [-0.2, 0) is 13.7 Å². The van der Waals surface area contributed by atoms with Gasteiger partial charge in [-0.15, -0.1) is 0 Å². The quantitative estimate of drug-likeness (QED) is 0.587. The summed E-state index contributed by atoms with van der Waals surface area (Å²) in [4.78, 5) is 2.46. The van der Waals surface area contributed by atoms with Crippen LogP contribution < -0.4 is 0 Å². The van der Waals surface area contributed by atoms with Gasteiger partial charge in [0.15, 0.2) is 10.6 Å². The van der Waals surface area contributed by atoms with E-state index in [1.807, 2.05) is 40.6 Å². The van der Waals surface area contributed by atoms with E-state index in [1.165, 1.54) is 18.4 Å². The maximum Gasteiger partial charge on any atom is 0.199 e. The number of nitrogens with zero attached hydrogens (tertiary/aromatic N) is 4. The van der Waals surface area contributed by atoms with E-state index in [0.717, 1.165) is 27.7 Å². The van der Waals surface area contributed by atoms with Crippen molar-refractivity contribution in [2.75, 3.05) is 6.54 Å². The first-order valence-corrected chi connectivity index (χ1v) is 9.61. The van der Waals surface area contributed by atoms with E-state index in [1.54, 1.807) is 0 Å². The number of benzene rings is 2. The lowest BCUT2D eigenvalue weighted by Crippen LogP contribution is -2.27. The van der Waals surface area contributed by atoms with Crippen LogP contribution in [0.1, 0.15) is 24.4 Å². The zero-order valence-corrected chi connectivity index (χ0v) is 16.2. The highest BCUT2D eigenvalue weighted by molar-refractivity contribution is 7.71. The molecule has 6 heteroatoms. The summed E-state index contributed by atoms with van der Waals surface area (Å²) in [5.41, 5.74) is 2.38. The summed E-state index contributed by atoms with van der Waals surface area (Å²) in [5, 5.41) is 5.51. The topological polar surface area (TPSA) is 26.0 Å². The highest BCUT2D eigenvalue weighted by Gasteiger charge is 2.26. The van der Waals surface area contributed by atoms with Crippen molar-refractivity contribution in [3.63, 3.8) is 0 Å². The van der Waals surface area contributed by atoms with E-state index in [0.29, 0.717) is 12.7 Å². The monoisotopic (exact) mass is 384 g/mol. The summed E-state index contributed by atoms with van der Waals surface area (Å²) in [6.07, 6.45) is 2.37. The summed E-state index contributed by atoms with van der Waals surface area (Å²) in [5.74, 6) is 0.863. The number of likely N-dealkylation sites (tertiary alicyclic amines) is 1. The number of hydrogen-bond acceptors (Lipinski definition) is 3. The van der Waals surface area contributed by atoms with Gasteiger partial charge in [0.2, 0.25) is 0 Å². The molecule has 1 aromatic heterocycles. The molecule has 134 valence electrons. The van der Waals surface area contributed by atoms with Gasteiger partial charge in [-0.05, 0) is 54.9 Å². The zero-order chi connectivity index (χ0) is 18.1. The van der Waals surface area contributed by atoms with Crippen LogP contribution in [0.2, 0.25) is 5.02 Å². The maximum atomic E-state index is 6.00. The molecule has 0 radical (unpaired) electrons. The third-order valence-corrected chi connectivity index (χ3v) is 5.74. The molecule has 1 aliphatic rings. The normalized spacial score (nSPS) is 17.7. The number of aromatic nitrogens is 3. The van der Waals surface area contributed by atoms with Crippen molar-refractivity contribution in [3.05, 3.63) is 70.0 Å². The van der Waals surface area contributed by atoms with Gasteiger partial charge in [0.05, 0.1) is 6.67 Å². The third-order valence-electron chi connectivity index (χ3n) is 5.01. The third kappa shape index (κ3) is 3.34. The van der Waals surface area contributed by atoms with E-state index in [9.17, 15) is 0 Å². The zero-order valence-electron chi connectivity index (χ0n) is 14.7. The highest BCUT2D eigenvalue weighted by Crippen LogP contribution is 2.32. The van der Waals surface area contributed by atoms with Gasteiger partial charge >= 0.3 is 0 Å². The van der Waals surface area contributed by atoms with Crippen molar-refractivity contribution in [1.82, 2.24) is 19.2 Å². The Morgan fingerprint density at radius 2 is 1.85 bits per heavy atom. The molecule has 0 N–H and O–H groups in total. The Kier molecular flexibility index (Phi) is 4.94. The van der Waals surface area contributed by atoms with Gasteiger partial charge in [0.1, 0.15) is 0 Å². The molecule has 0 amide bonds. The van der Waals surface area contributed by atoms with Crippen LogP contribution in [-0.4, -0.2) is 25.8 Å². The van der Waals surface area contributed by atoms with Crippen molar-refractivity contribution in [2.45, 2.75) is 25.6 Å². The van der Waals surface area contributed by atoms with Gasteiger partial charge in [0, 0.05) is 30.2 Å². The van der Waals surface area contributed by atoms with Gasteiger partial charge in [-0.2, -0.15) is 5.10 Å². The fraction of sp³-hybridized carbons (Fsp3) is 0.300. The summed E-state index contributed by atoms with van der Waals surface area (Å²) in [6.45, 7) is 1.77. The molecular weight excluding hydrogens is 364 g/mol. The summed E-state index contributed by atoms with van der Waals surface area (Å²) >= 11 is 11.6. The molecule has 0 bridgehead atoms. The molecule has 2 aromatic carbocycles. The van der Waals surface area contributed by atoms with Crippen LogP contribution in [0.5, 0.6) is 0 Å². The second-order valence-electron chi connectivity index (χ2n) is 6.69. The van der Waals surface area contributed by atoms with Gasteiger partial charge in [-0.25, -0.2) is 4.68 Å². The van der Waals surface area contributed by atoms with Crippen LogP contribution in [0.3, 0.4) is 0 Å². The van der Waals surface area contributed by atoms with E-state index < -0.39 is 0 Å². The van der Waals surface area contributed by atoms with E-state index in [-0.39, 0.29) is 0 Å². The average Bonchev–Trinajstić information content (AvgIpc) is 3.24. The first kappa shape index (κ1) is 17.5. The minimum Gasteiger partial charge on any atom is -0.303 e. The minimum absolute atomic E-state index is 0.430. The van der Waals surface area contributed by atoms with E-state index >= 15 is 0 Å². The first-order chi connectivity index (χ1) is 12.6. The molecule has 4 rings (SSSR count). The Morgan fingerprint density at radius 1 is 1.12 bits per heavy atom. The molecule has 3 aromatic rings. The predicted molar refractivity (Wildman–Crippen MR) is 108 cm³/mol. The molecular formula is C20H21ClN4S. The molecule has 1 fully saturated rings. The average molecular weight is 385 g/mol. The SMILES string of the molecule is Cn1c(-c2ccc(Cl)cc2)nn(CN2CCC[C@H]2c2ccccc2)c1=S. The van der Waals surface area contributed by atoms with Crippen molar-refractivity contribution < 1.29 is 0 Å². The van der Waals surface area contributed by atoms with Crippen molar-refractivity contribution in [3.8, 4) is 11.4 Å². The molecule has 1 saturated heterocycles. The molecule has 26 heavy (non-hydrogen) atoms. The number of hydrogen-bond donors (Lipinski definition) is 0. The fourth-order valence-corrected chi connectivity index (χ4v) is 3.96. The Balaban J connectivity index is 1.61. The van der Waals surface area contributed by atoms with E-state index in [4.69, 9.17) is 28.9 Å². The molecule has 0 saturated carbocycles. The van der Waals surface area contributed by atoms with Crippen molar-refractivity contribution in [1.29, 1.82) is 0 Å². The van der Waals surface area contributed by atoms with Crippen LogP contribution >= 0.6 is 23.8 Å². The molecule has 1 atom stereocenters. The minimum atomic E-state index is 0.430. The standard InChI is InChI=1S/C20H21ClN4S/c1-23-19(16-9-11-17(21)12-10-16)22-25(20(23)26)14-24-13-5-8-18(24)15-6-3-2-4-7-15/h2-4,6-7,9-12,18H,5,8,13-14H2,1H3/t18-/m0/s1. The highest BCUT2D eigenvalue weighted by atomic mass is 35.5. The summed E-state index contributed by atoms with van der Waals surface area (Å²) in [6, 6.07) is 18.8. The molecule has 0 spiro atoms. The molecule has 1 aliphatic heterocycles. The van der Waals surface area contributed by atoms with E-state index in [2.05, 4.69) is 35.2 Å². The Morgan fingerprint density at radius 3 is 2.58 bits per heavy atom. The maximum absolute atomic E-state index is 6.00. The van der Waals surface area contributed by atoms with Crippen LogP contribution in [0.25, 0.3) is 11.4 Å². The smallest absolute Gasteiger partial charge is 0.199 e. The van der Waals surface area contributed by atoms with Crippen molar-refractivity contribution in [2.24, 2.45) is 7.05 Å². The number of rotatable bonds is 4. The van der Waals surface area contributed by atoms with Crippen LogP contribution in [0, 0.1) is 4.77 Å². The fourth-order valence-electron chi connectivity index (χ4n) is 3.65. The first-order valence-electron chi connectivity index (χ1n) is 8.82. The second-order valence-corrected chi connectivity index (χ2v) is 7.50. The predicted octanol–water partition coefficient (Wildman–Crippen LogP) is 5.07. The van der Waals surface area contributed by atoms with Gasteiger partial charge in [-0.1, -0.05) is 41.9 Å². The number of halogens is 1. The Labute approximate surface area is 163 Å². The molecule has 4 nitrogen and oxygen atoms in total. The molecule has 0 unspecified atom stereocenters. The van der Waals surface area contributed by atoms with Crippen molar-refractivity contribution >= 4 is 23.8 Å². The van der Waals surface area contributed by atoms with Gasteiger partial charge < -0.3 is 4.57 Å². The summed E-state index contributed by atoms with van der Waals surface area (Å²) < 4.78 is 4.63.